The van der Waals surface area contributed by atoms with E-state index in [2.05, 4.69) is 15.5 Å². The number of nitro groups is 1. The third-order valence-corrected chi connectivity index (χ3v) is 6.34. The minimum atomic E-state index is -0.421. The van der Waals surface area contributed by atoms with Crippen LogP contribution in [0.2, 0.25) is 0 Å². The summed E-state index contributed by atoms with van der Waals surface area (Å²) in [4.78, 5) is 23.3. The third kappa shape index (κ3) is 4.92. The fourth-order valence-corrected chi connectivity index (χ4v) is 4.25. The number of hydrogen-bond donors (Lipinski definition) is 1. The molecule has 10 nitrogen and oxygen atoms in total. The molecule has 0 bridgehead atoms. The van der Waals surface area contributed by atoms with E-state index in [0.717, 1.165) is 5.56 Å². The van der Waals surface area contributed by atoms with E-state index in [9.17, 15) is 14.9 Å². The van der Waals surface area contributed by atoms with E-state index in [-0.39, 0.29) is 30.3 Å². The van der Waals surface area contributed by atoms with Crippen LogP contribution >= 0.6 is 11.8 Å². The van der Waals surface area contributed by atoms with Gasteiger partial charge in [0.25, 0.3) is 11.6 Å². The lowest BCUT2D eigenvalue weighted by atomic mass is 10.0. The molecular weight excluding hydrogens is 446 g/mol. The van der Waals surface area contributed by atoms with Crippen molar-refractivity contribution in [1.82, 2.24) is 20.1 Å². The number of nitrogens with one attached hydrogen (secondary N) is 1. The summed E-state index contributed by atoms with van der Waals surface area (Å²) < 4.78 is 12.5. The molecule has 3 aromatic rings. The Morgan fingerprint density at radius 3 is 2.61 bits per heavy atom. The molecule has 2 heterocycles. The Labute approximate surface area is 194 Å². The molecule has 1 atom stereocenters. The first-order valence-electron chi connectivity index (χ1n) is 10.3. The second kappa shape index (κ2) is 9.49. The van der Waals surface area contributed by atoms with Crippen molar-refractivity contribution in [2.45, 2.75) is 30.8 Å². The smallest absolute Gasteiger partial charge is 0.269 e. The van der Waals surface area contributed by atoms with Gasteiger partial charge in [-0.15, -0.1) is 10.2 Å². The van der Waals surface area contributed by atoms with Gasteiger partial charge in [0.15, 0.2) is 22.5 Å². The number of fused-ring (bicyclic) bond motifs is 1. The molecule has 0 radical (unpaired) electrons. The predicted molar refractivity (Wildman–Crippen MR) is 121 cm³/mol. The molecule has 0 aliphatic carbocycles. The van der Waals surface area contributed by atoms with Crippen LogP contribution < -0.4 is 14.8 Å². The first kappa shape index (κ1) is 22.6. The minimum absolute atomic E-state index is 0.0580. The summed E-state index contributed by atoms with van der Waals surface area (Å²) >= 11 is 1.47. The lowest BCUT2D eigenvalue weighted by molar-refractivity contribution is -0.384. The highest BCUT2D eigenvalue weighted by atomic mass is 32.2. The molecule has 1 amide bonds. The Bertz CT molecular complexity index is 1180. The van der Waals surface area contributed by atoms with Gasteiger partial charge in [-0.1, -0.05) is 37.7 Å². The monoisotopic (exact) mass is 469 g/mol. The molecule has 4 rings (SSSR count). The van der Waals surface area contributed by atoms with E-state index in [4.69, 9.17) is 9.47 Å². The Morgan fingerprint density at radius 1 is 1.18 bits per heavy atom. The number of hydrogen-bond acceptors (Lipinski definition) is 8. The molecule has 172 valence electrons. The topological polar surface area (TPSA) is 121 Å². The summed E-state index contributed by atoms with van der Waals surface area (Å²) in [5, 5.41) is 23.2. The first-order valence-corrected chi connectivity index (χ1v) is 11.3. The van der Waals surface area contributed by atoms with Crippen LogP contribution in [0.4, 0.5) is 5.69 Å². The van der Waals surface area contributed by atoms with Gasteiger partial charge in [-0.05, 0) is 29.7 Å². The fourth-order valence-electron chi connectivity index (χ4n) is 3.38. The van der Waals surface area contributed by atoms with E-state index < -0.39 is 4.92 Å². The van der Waals surface area contributed by atoms with E-state index in [1.165, 1.54) is 23.9 Å². The molecule has 33 heavy (non-hydrogen) atoms. The lowest BCUT2D eigenvalue weighted by Crippen LogP contribution is -2.33. The predicted octanol–water partition coefficient (Wildman–Crippen LogP) is 3.87. The number of amides is 1. The van der Waals surface area contributed by atoms with Gasteiger partial charge in [-0.2, -0.15) is 0 Å². The zero-order valence-electron chi connectivity index (χ0n) is 18.3. The van der Waals surface area contributed by atoms with Crippen molar-refractivity contribution < 1.29 is 19.2 Å². The van der Waals surface area contributed by atoms with Crippen molar-refractivity contribution >= 4 is 23.4 Å². The number of ether oxygens (including phenoxy) is 2. The normalized spacial score (nSPS) is 13.2. The average molecular weight is 470 g/mol. The van der Waals surface area contributed by atoms with Gasteiger partial charge in [0.05, 0.1) is 11.0 Å². The average Bonchev–Trinajstić information content (AvgIpc) is 3.41. The molecule has 1 aliphatic heterocycles. The molecule has 0 saturated carbocycles. The van der Waals surface area contributed by atoms with Crippen molar-refractivity contribution in [2.24, 2.45) is 13.0 Å². The number of thioether (sulfide) groups is 1. The molecular formula is C22H23N5O5S. The maximum absolute atomic E-state index is 12.9. The summed E-state index contributed by atoms with van der Waals surface area (Å²) in [6, 6.07) is 11.2. The number of nitro benzene ring substituents is 1. The van der Waals surface area contributed by atoms with Gasteiger partial charge in [-0.3, -0.25) is 14.9 Å². The Hall–Kier alpha value is -3.60. The van der Waals surface area contributed by atoms with E-state index in [1.807, 2.05) is 25.5 Å². The summed E-state index contributed by atoms with van der Waals surface area (Å²) in [6.45, 7) is 4.15. The number of aromatic nitrogens is 3. The highest BCUT2D eigenvalue weighted by molar-refractivity contribution is 7.98. The minimum Gasteiger partial charge on any atom is -0.454 e. The van der Waals surface area contributed by atoms with Crippen LogP contribution in [-0.4, -0.2) is 32.4 Å². The van der Waals surface area contributed by atoms with Crippen LogP contribution in [0.3, 0.4) is 0 Å². The highest BCUT2D eigenvalue weighted by Crippen LogP contribution is 2.33. The number of non-ortho nitro benzene ring substituents is 1. The Morgan fingerprint density at radius 2 is 1.91 bits per heavy atom. The molecule has 2 aromatic carbocycles. The second-order valence-corrected chi connectivity index (χ2v) is 8.82. The molecule has 0 spiro atoms. The first-order chi connectivity index (χ1) is 15.8. The molecule has 1 aliphatic rings. The summed E-state index contributed by atoms with van der Waals surface area (Å²) in [7, 11) is 1.86. The van der Waals surface area contributed by atoms with E-state index >= 15 is 0 Å². The third-order valence-electron chi connectivity index (χ3n) is 5.25. The molecule has 0 unspecified atom stereocenters. The van der Waals surface area contributed by atoms with Gasteiger partial charge in [-0.25, -0.2) is 0 Å². The SMILES string of the molecule is CC(C)[C@H](NC(=O)c1ccc2c(c1)OCO2)c1nnc(SCc2ccc([N+](=O)[O-])cc2)n1C. The van der Waals surface area contributed by atoms with Gasteiger partial charge >= 0.3 is 0 Å². The summed E-state index contributed by atoms with van der Waals surface area (Å²) in [6.07, 6.45) is 0. The maximum Gasteiger partial charge on any atom is 0.269 e. The van der Waals surface area contributed by atoms with Crippen LogP contribution in [0.1, 0.15) is 41.6 Å². The molecule has 0 saturated heterocycles. The zero-order valence-corrected chi connectivity index (χ0v) is 19.2. The van der Waals surface area contributed by atoms with Crippen molar-refractivity contribution in [2.75, 3.05) is 6.79 Å². The Balaban J connectivity index is 1.46. The number of carbonyl (C=O) groups is 1. The van der Waals surface area contributed by atoms with Gasteiger partial charge < -0.3 is 19.4 Å². The van der Waals surface area contributed by atoms with E-state index in [1.54, 1.807) is 30.3 Å². The number of carbonyl (C=O) groups excluding carboxylic acids is 1. The molecule has 0 fully saturated rings. The zero-order chi connectivity index (χ0) is 23.5. The van der Waals surface area contributed by atoms with Crippen LogP contribution in [0.5, 0.6) is 11.5 Å². The summed E-state index contributed by atoms with van der Waals surface area (Å²) in [5.41, 5.74) is 1.47. The highest BCUT2D eigenvalue weighted by Gasteiger charge is 2.26. The van der Waals surface area contributed by atoms with Crippen molar-refractivity contribution in [3.63, 3.8) is 0 Å². The van der Waals surface area contributed by atoms with Crippen molar-refractivity contribution in [3.05, 3.63) is 69.5 Å². The van der Waals surface area contributed by atoms with Gasteiger partial charge in [0.1, 0.15) is 0 Å². The number of benzene rings is 2. The van der Waals surface area contributed by atoms with E-state index in [0.29, 0.717) is 33.8 Å². The van der Waals surface area contributed by atoms with Crippen molar-refractivity contribution in [3.8, 4) is 11.5 Å². The van der Waals surface area contributed by atoms with Crippen LogP contribution in [-0.2, 0) is 12.8 Å². The standard InChI is InChI=1S/C22H23N5O5S/c1-13(2)19(23-21(28)15-6-9-17-18(10-15)32-12-31-17)20-24-25-22(26(20)3)33-11-14-4-7-16(8-5-14)27(29)30/h4-10,13,19H,11-12H2,1-3H3,(H,23,28)/t19-/m0/s1. The van der Waals surface area contributed by atoms with Crippen LogP contribution in [0.25, 0.3) is 0 Å². The van der Waals surface area contributed by atoms with Crippen molar-refractivity contribution in [1.29, 1.82) is 0 Å². The Kier molecular flexibility index (Phi) is 6.50. The largest absolute Gasteiger partial charge is 0.454 e. The lowest BCUT2D eigenvalue weighted by Gasteiger charge is -2.21. The second-order valence-electron chi connectivity index (χ2n) is 7.88. The molecule has 1 N–H and O–H groups in total. The van der Waals surface area contributed by atoms with Gasteiger partial charge in [0, 0.05) is 30.5 Å². The fraction of sp³-hybridized carbons (Fsp3) is 0.318. The van der Waals surface area contributed by atoms with Crippen LogP contribution in [0.15, 0.2) is 47.6 Å². The maximum atomic E-state index is 12.9. The number of rotatable bonds is 8. The molecule has 11 heteroatoms. The number of nitrogens with zero attached hydrogens (tertiary/aromatic N) is 4. The quantitative estimate of drug-likeness (QED) is 0.300. The van der Waals surface area contributed by atoms with Gasteiger partial charge in [0.2, 0.25) is 6.79 Å². The molecule has 1 aromatic heterocycles. The van der Waals surface area contributed by atoms with Crippen LogP contribution in [0, 0.1) is 16.0 Å². The summed E-state index contributed by atoms with van der Waals surface area (Å²) in [5.74, 6) is 2.22.